The highest BCUT2D eigenvalue weighted by atomic mass is 32.2. The van der Waals surface area contributed by atoms with E-state index in [1.165, 1.54) is 11.8 Å². The average molecular weight is 438 g/mol. The van der Waals surface area contributed by atoms with Crippen LogP contribution < -0.4 is 20.1 Å². The van der Waals surface area contributed by atoms with E-state index in [9.17, 15) is 4.79 Å². The molecule has 1 aliphatic rings. The van der Waals surface area contributed by atoms with Gasteiger partial charge in [0.2, 0.25) is 11.1 Å². The van der Waals surface area contributed by atoms with Crippen molar-refractivity contribution in [1.82, 2.24) is 14.8 Å². The van der Waals surface area contributed by atoms with Crippen LogP contribution in [-0.4, -0.2) is 41.1 Å². The molecule has 1 amide bonds. The van der Waals surface area contributed by atoms with Gasteiger partial charge in [-0.15, -0.1) is 5.10 Å². The molecule has 3 aromatic rings. The zero-order valence-corrected chi connectivity index (χ0v) is 18.5. The van der Waals surface area contributed by atoms with Crippen molar-refractivity contribution in [2.45, 2.75) is 18.1 Å². The summed E-state index contributed by atoms with van der Waals surface area (Å²) >= 11 is 1.45. The van der Waals surface area contributed by atoms with Crippen LogP contribution in [0.25, 0.3) is 0 Å². The van der Waals surface area contributed by atoms with Gasteiger partial charge in [-0.25, -0.2) is 4.68 Å². The topological polar surface area (TPSA) is 90.3 Å². The van der Waals surface area contributed by atoms with Crippen LogP contribution in [0.5, 0.6) is 11.5 Å². The molecule has 0 spiro atoms. The van der Waals surface area contributed by atoms with E-state index in [4.69, 9.17) is 9.47 Å². The molecule has 1 unspecified atom stereocenters. The number of ether oxygens (including phenoxy) is 2. The fraction of sp³-hybridized carbons (Fsp3) is 0.227. The number of amides is 1. The lowest BCUT2D eigenvalue weighted by molar-refractivity contribution is -0.113. The van der Waals surface area contributed by atoms with Crippen molar-refractivity contribution in [3.05, 3.63) is 65.4 Å². The third kappa shape index (κ3) is 4.09. The molecule has 1 aromatic heterocycles. The van der Waals surface area contributed by atoms with E-state index in [1.807, 2.05) is 37.4 Å². The Kier molecular flexibility index (Phi) is 5.85. The lowest BCUT2D eigenvalue weighted by Gasteiger charge is -2.28. The van der Waals surface area contributed by atoms with Gasteiger partial charge in [-0.05, 0) is 55.1 Å². The van der Waals surface area contributed by atoms with Gasteiger partial charge in [0.15, 0.2) is 0 Å². The van der Waals surface area contributed by atoms with Crippen LogP contribution in [0.2, 0.25) is 0 Å². The number of nitrogens with one attached hydrogen (secondary N) is 2. The first-order valence-electron chi connectivity index (χ1n) is 9.61. The van der Waals surface area contributed by atoms with Crippen molar-refractivity contribution in [2.24, 2.45) is 0 Å². The maximum Gasteiger partial charge on any atom is 0.255 e. The largest absolute Gasteiger partial charge is 0.497 e. The second kappa shape index (κ2) is 8.73. The summed E-state index contributed by atoms with van der Waals surface area (Å²) in [6, 6.07) is 14.4. The number of thioether (sulfide) groups is 1. The smallest absolute Gasteiger partial charge is 0.255 e. The molecule has 2 N–H and O–H groups in total. The summed E-state index contributed by atoms with van der Waals surface area (Å²) in [5.41, 5.74) is 2.86. The Morgan fingerprint density at radius 2 is 1.68 bits per heavy atom. The highest BCUT2D eigenvalue weighted by Crippen LogP contribution is 2.37. The molecule has 31 heavy (non-hydrogen) atoms. The molecule has 0 bridgehead atoms. The Morgan fingerprint density at radius 3 is 2.26 bits per heavy atom. The van der Waals surface area contributed by atoms with Crippen LogP contribution in [0.15, 0.2) is 65.0 Å². The first kappa shape index (κ1) is 20.8. The zero-order chi connectivity index (χ0) is 22.0. The fourth-order valence-corrected chi connectivity index (χ4v) is 3.83. The summed E-state index contributed by atoms with van der Waals surface area (Å²) in [4.78, 5) is 17.9. The van der Waals surface area contributed by atoms with Crippen LogP contribution in [0.1, 0.15) is 18.5 Å². The van der Waals surface area contributed by atoms with E-state index in [0.717, 1.165) is 22.8 Å². The number of allylic oxidation sites excluding steroid dienone is 1. The van der Waals surface area contributed by atoms with Gasteiger partial charge in [-0.1, -0.05) is 23.9 Å². The number of hydrogen-bond donors (Lipinski definition) is 2. The molecule has 8 nitrogen and oxygen atoms in total. The van der Waals surface area contributed by atoms with Crippen LogP contribution in [0.4, 0.5) is 11.6 Å². The van der Waals surface area contributed by atoms with Gasteiger partial charge in [-0.2, -0.15) is 4.98 Å². The van der Waals surface area contributed by atoms with E-state index >= 15 is 0 Å². The minimum absolute atomic E-state index is 0.220. The highest BCUT2D eigenvalue weighted by molar-refractivity contribution is 7.98. The molecule has 0 saturated heterocycles. The van der Waals surface area contributed by atoms with Crippen molar-refractivity contribution in [2.75, 3.05) is 31.1 Å². The van der Waals surface area contributed by atoms with Gasteiger partial charge in [-0.3, -0.25) is 4.79 Å². The number of carbonyl (C=O) groups is 1. The molecule has 2 aromatic carbocycles. The summed E-state index contributed by atoms with van der Waals surface area (Å²) < 4.78 is 12.2. The number of aromatic nitrogens is 3. The Balaban J connectivity index is 1.74. The minimum atomic E-state index is -0.436. The van der Waals surface area contributed by atoms with Gasteiger partial charge in [0, 0.05) is 11.4 Å². The van der Waals surface area contributed by atoms with Gasteiger partial charge in [0.05, 0.1) is 19.8 Å². The maximum absolute atomic E-state index is 13.4. The zero-order valence-electron chi connectivity index (χ0n) is 17.7. The molecule has 0 radical (unpaired) electrons. The number of fused-ring (bicyclic) bond motifs is 1. The van der Waals surface area contributed by atoms with Crippen LogP contribution in [0, 0.1) is 0 Å². The van der Waals surface area contributed by atoms with Crippen molar-refractivity contribution in [3.63, 3.8) is 0 Å². The standard InChI is InChI=1S/C22H23N5O3S/c1-13-18(20(28)24-15-7-11-17(30-3)12-8-15)19(14-5-9-16(29-2)10-6-14)27-21(23-13)25-22(26-27)31-4/h5-12,19H,1-4H3,(H,24,28)(H,23,25,26). The Bertz CT molecular complexity index is 1120. The molecule has 4 rings (SSSR count). The molecule has 0 aliphatic carbocycles. The molecule has 1 aliphatic heterocycles. The number of benzene rings is 2. The molecule has 0 saturated carbocycles. The molecule has 0 fully saturated rings. The Hall–Kier alpha value is -3.46. The maximum atomic E-state index is 13.4. The van der Waals surface area contributed by atoms with Gasteiger partial charge >= 0.3 is 0 Å². The number of nitrogens with zero attached hydrogens (tertiary/aromatic N) is 3. The monoisotopic (exact) mass is 437 g/mol. The Morgan fingerprint density at radius 1 is 1.06 bits per heavy atom. The van der Waals surface area contributed by atoms with Gasteiger partial charge in [0.1, 0.15) is 17.5 Å². The summed E-state index contributed by atoms with van der Waals surface area (Å²) in [7, 11) is 3.23. The lowest BCUT2D eigenvalue weighted by atomic mass is 9.95. The molecular weight excluding hydrogens is 414 g/mol. The second-order valence-electron chi connectivity index (χ2n) is 6.89. The van der Waals surface area contributed by atoms with E-state index in [2.05, 4.69) is 20.7 Å². The van der Waals surface area contributed by atoms with E-state index in [0.29, 0.717) is 22.4 Å². The van der Waals surface area contributed by atoms with Crippen LogP contribution >= 0.6 is 11.8 Å². The third-order valence-electron chi connectivity index (χ3n) is 5.04. The van der Waals surface area contributed by atoms with E-state index in [-0.39, 0.29) is 5.91 Å². The third-order valence-corrected chi connectivity index (χ3v) is 5.58. The molecular formula is C22H23N5O3S. The summed E-state index contributed by atoms with van der Waals surface area (Å²) in [6.07, 6.45) is 1.92. The SMILES string of the molecule is COc1ccc(NC(=O)C2=C(C)Nc3nc(SC)nn3C2c2ccc(OC)cc2)cc1. The molecule has 160 valence electrons. The molecule has 9 heteroatoms. The summed E-state index contributed by atoms with van der Waals surface area (Å²) in [5.74, 6) is 1.85. The van der Waals surface area contributed by atoms with E-state index < -0.39 is 6.04 Å². The first-order valence-corrected chi connectivity index (χ1v) is 10.8. The average Bonchev–Trinajstić information content (AvgIpc) is 3.21. The quantitative estimate of drug-likeness (QED) is 0.565. The number of methoxy groups -OCH3 is 2. The fourth-order valence-electron chi connectivity index (χ4n) is 3.48. The minimum Gasteiger partial charge on any atom is -0.497 e. The molecule has 2 heterocycles. The first-order chi connectivity index (χ1) is 15.0. The lowest BCUT2D eigenvalue weighted by Crippen LogP contribution is -2.31. The van der Waals surface area contributed by atoms with Crippen LogP contribution in [0.3, 0.4) is 0 Å². The predicted octanol–water partition coefficient (Wildman–Crippen LogP) is 3.94. The van der Waals surface area contributed by atoms with Crippen molar-refractivity contribution in [3.8, 4) is 11.5 Å². The molecule has 1 atom stereocenters. The summed E-state index contributed by atoms with van der Waals surface area (Å²) in [6.45, 7) is 1.87. The van der Waals surface area contributed by atoms with Crippen molar-refractivity contribution >= 4 is 29.3 Å². The van der Waals surface area contributed by atoms with Gasteiger partial charge in [0.25, 0.3) is 5.91 Å². The number of rotatable bonds is 6. The number of hydrogen-bond acceptors (Lipinski definition) is 7. The van der Waals surface area contributed by atoms with Crippen molar-refractivity contribution < 1.29 is 14.3 Å². The Labute approximate surface area is 184 Å². The normalized spacial score (nSPS) is 15.2. The van der Waals surface area contributed by atoms with Crippen LogP contribution in [-0.2, 0) is 4.79 Å². The summed E-state index contributed by atoms with van der Waals surface area (Å²) in [5, 5.41) is 11.4. The predicted molar refractivity (Wildman–Crippen MR) is 121 cm³/mol. The van der Waals surface area contributed by atoms with E-state index in [1.54, 1.807) is 43.2 Å². The van der Waals surface area contributed by atoms with Gasteiger partial charge < -0.3 is 20.1 Å². The number of carbonyl (C=O) groups excluding carboxylic acids is 1. The second-order valence-corrected chi connectivity index (χ2v) is 7.66. The number of anilines is 2. The highest BCUT2D eigenvalue weighted by Gasteiger charge is 2.34. The van der Waals surface area contributed by atoms with Crippen molar-refractivity contribution in [1.29, 1.82) is 0 Å².